The lowest BCUT2D eigenvalue weighted by Crippen LogP contribution is -2.24. The van der Waals surface area contributed by atoms with Crippen LogP contribution in [0.1, 0.15) is 30.5 Å². The third-order valence-electron chi connectivity index (χ3n) is 3.27. The fourth-order valence-corrected chi connectivity index (χ4v) is 2.91. The summed E-state index contributed by atoms with van der Waals surface area (Å²) in [5, 5.41) is 7.65. The molecule has 0 amide bonds. The molecule has 20 heavy (non-hydrogen) atoms. The Labute approximate surface area is 123 Å². The first-order valence-electron chi connectivity index (χ1n) is 6.83. The van der Waals surface area contributed by atoms with Gasteiger partial charge in [0.1, 0.15) is 0 Å². The molecule has 0 aliphatic rings. The molecule has 1 aromatic heterocycles. The van der Waals surface area contributed by atoms with E-state index in [1.807, 2.05) is 12.1 Å². The van der Waals surface area contributed by atoms with E-state index >= 15 is 0 Å². The average molecular weight is 293 g/mol. The van der Waals surface area contributed by atoms with Crippen molar-refractivity contribution in [3.8, 4) is 5.75 Å². The number of nitrogens with one attached hydrogen (secondary N) is 1. The molecule has 0 radical (unpaired) electrons. The van der Waals surface area contributed by atoms with Crippen molar-refractivity contribution in [2.45, 2.75) is 25.8 Å². The lowest BCUT2D eigenvalue weighted by atomic mass is 10.0. The first kappa shape index (κ1) is 15.0. The average Bonchev–Trinajstić information content (AvgIpc) is 2.99. The third-order valence-corrected chi connectivity index (χ3v) is 3.97. The second-order valence-electron chi connectivity index (χ2n) is 4.70. The largest absolute Gasteiger partial charge is 0.494 e. The van der Waals surface area contributed by atoms with E-state index in [1.54, 1.807) is 17.4 Å². The van der Waals surface area contributed by atoms with Crippen LogP contribution in [0.3, 0.4) is 0 Å². The van der Waals surface area contributed by atoms with Gasteiger partial charge in [-0.15, -0.1) is 0 Å². The molecule has 2 nitrogen and oxygen atoms in total. The lowest BCUT2D eigenvalue weighted by molar-refractivity contribution is 0.382. The van der Waals surface area contributed by atoms with Gasteiger partial charge in [-0.25, -0.2) is 4.39 Å². The molecule has 1 atom stereocenters. The number of rotatable bonds is 7. The lowest BCUT2D eigenvalue weighted by Gasteiger charge is -2.18. The Morgan fingerprint density at radius 2 is 2.20 bits per heavy atom. The molecule has 108 valence electrons. The van der Waals surface area contributed by atoms with Gasteiger partial charge in [0.15, 0.2) is 11.6 Å². The quantitative estimate of drug-likeness (QED) is 0.827. The first-order chi connectivity index (χ1) is 9.76. The van der Waals surface area contributed by atoms with Crippen LogP contribution in [0.5, 0.6) is 5.75 Å². The van der Waals surface area contributed by atoms with E-state index in [4.69, 9.17) is 4.74 Å². The van der Waals surface area contributed by atoms with Crippen molar-refractivity contribution in [1.29, 1.82) is 0 Å². The number of hydrogen-bond acceptors (Lipinski definition) is 3. The molecule has 1 unspecified atom stereocenters. The second-order valence-corrected chi connectivity index (χ2v) is 5.48. The van der Waals surface area contributed by atoms with E-state index in [2.05, 4.69) is 29.1 Å². The Morgan fingerprint density at radius 1 is 1.35 bits per heavy atom. The Balaban J connectivity index is 2.19. The number of benzene rings is 1. The van der Waals surface area contributed by atoms with E-state index in [-0.39, 0.29) is 11.9 Å². The summed E-state index contributed by atoms with van der Waals surface area (Å²) in [4.78, 5) is 0. The summed E-state index contributed by atoms with van der Waals surface area (Å²) >= 11 is 1.67. The zero-order valence-corrected chi connectivity index (χ0v) is 12.7. The fourth-order valence-electron chi connectivity index (χ4n) is 2.19. The molecule has 1 aromatic carbocycles. The molecule has 0 aliphatic heterocycles. The highest BCUT2D eigenvalue weighted by Crippen LogP contribution is 2.26. The normalized spacial score (nSPS) is 12.3. The molecule has 1 N–H and O–H groups in total. The van der Waals surface area contributed by atoms with Gasteiger partial charge < -0.3 is 10.1 Å². The van der Waals surface area contributed by atoms with E-state index in [1.165, 1.54) is 12.7 Å². The van der Waals surface area contributed by atoms with Crippen molar-refractivity contribution < 1.29 is 9.13 Å². The molecule has 2 rings (SSSR count). The van der Waals surface area contributed by atoms with Gasteiger partial charge in [0.25, 0.3) is 0 Å². The predicted molar refractivity (Wildman–Crippen MR) is 82.0 cm³/mol. The highest BCUT2D eigenvalue weighted by molar-refractivity contribution is 7.07. The third kappa shape index (κ3) is 3.58. The van der Waals surface area contributed by atoms with Crippen LogP contribution in [0.2, 0.25) is 0 Å². The molecule has 2 aromatic rings. The highest BCUT2D eigenvalue weighted by atomic mass is 32.1. The predicted octanol–water partition coefficient (Wildman–Crippen LogP) is 4.18. The van der Waals surface area contributed by atoms with Gasteiger partial charge in [-0.3, -0.25) is 0 Å². The second kappa shape index (κ2) is 7.41. The molecule has 0 spiro atoms. The number of hydrogen-bond donors (Lipinski definition) is 1. The zero-order chi connectivity index (χ0) is 14.4. The van der Waals surface area contributed by atoms with Crippen LogP contribution in [0.4, 0.5) is 4.39 Å². The zero-order valence-electron chi connectivity index (χ0n) is 11.9. The van der Waals surface area contributed by atoms with Crippen LogP contribution < -0.4 is 10.1 Å². The van der Waals surface area contributed by atoms with Crippen LogP contribution >= 0.6 is 11.3 Å². The minimum atomic E-state index is -0.256. The maximum atomic E-state index is 14.2. The number of thiophene rings is 1. The smallest absolute Gasteiger partial charge is 0.168 e. The van der Waals surface area contributed by atoms with Crippen LogP contribution in [0.15, 0.2) is 35.0 Å². The summed E-state index contributed by atoms with van der Waals surface area (Å²) in [6.45, 7) is 3.05. The highest BCUT2D eigenvalue weighted by Gasteiger charge is 2.16. The van der Waals surface area contributed by atoms with Crippen LogP contribution in [-0.4, -0.2) is 13.7 Å². The van der Waals surface area contributed by atoms with Crippen molar-refractivity contribution >= 4 is 11.3 Å². The minimum Gasteiger partial charge on any atom is -0.494 e. The summed E-state index contributed by atoms with van der Waals surface area (Å²) in [5.74, 6) is 0.0515. The van der Waals surface area contributed by atoms with Crippen molar-refractivity contribution in [3.05, 3.63) is 52.0 Å². The molecule has 0 fully saturated rings. The molecule has 1 heterocycles. The maximum absolute atomic E-state index is 14.2. The maximum Gasteiger partial charge on any atom is 0.168 e. The summed E-state index contributed by atoms with van der Waals surface area (Å²) < 4.78 is 19.3. The summed E-state index contributed by atoms with van der Waals surface area (Å²) in [6.07, 6.45) is 1.68. The Morgan fingerprint density at radius 3 is 2.85 bits per heavy atom. The summed E-state index contributed by atoms with van der Waals surface area (Å²) in [7, 11) is 1.49. The van der Waals surface area contributed by atoms with Gasteiger partial charge in [0, 0.05) is 6.04 Å². The fraction of sp³-hybridized carbons (Fsp3) is 0.375. The van der Waals surface area contributed by atoms with Crippen LogP contribution in [-0.2, 0) is 6.42 Å². The van der Waals surface area contributed by atoms with E-state index < -0.39 is 0 Å². The van der Waals surface area contributed by atoms with E-state index in [0.717, 1.165) is 13.0 Å². The molecule has 0 aliphatic carbocycles. The number of methoxy groups -OCH3 is 1. The van der Waals surface area contributed by atoms with Gasteiger partial charge in [-0.2, -0.15) is 11.3 Å². The van der Waals surface area contributed by atoms with E-state index in [0.29, 0.717) is 17.7 Å². The standard InChI is InChI=1S/C16H20FNOS/c1-3-8-18-14(13-7-9-20-11-13)10-12-5-4-6-15(19-2)16(12)17/h4-7,9,11,14,18H,3,8,10H2,1-2H3. The van der Waals surface area contributed by atoms with Gasteiger partial charge in [-0.05, 0) is 53.4 Å². The molecule has 4 heteroatoms. The summed E-state index contributed by atoms with van der Waals surface area (Å²) in [5.41, 5.74) is 1.90. The summed E-state index contributed by atoms with van der Waals surface area (Å²) in [6, 6.07) is 7.54. The first-order valence-corrected chi connectivity index (χ1v) is 7.77. The Hall–Kier alpha value is -1.39. The SMILES string of the molecule is CCCNC(Cc1cccc(OC)c1F)c1ccsc1. The van der Waals surface area contributed by atoms with Crippen molar-refractivity contribution in [1.82, 2.24) is 5.32 Å². The minimum absolute atomic E-state index is 0.141. The van der Waals surface area contributed by atoms with Gasteiger partial charge in [0.05, 0.1) is 7.11 Å². The van der Waals surface area contributed by atoms with Gasteiger partial charge >= 0.3 is 0 Å². The Bertz CT molecular complexity index is 527. The molecular formula is C16H20FNOS. The van der Waals surface area contributed by atoms with Crippen LogP contribution in [0.25, 0.3) is 0 Å². The number of ether oxygens (including phenoxy) is 1. The molecular weight excluding hydrogens is 273 g/mol. The Kier molecular flexibility index (Phi) is 5.56. The molecule has 0 bridgehead atoms. The van der Waals surface area contributed by atoms with E-state index in [9.17, 15) is 4.39 Å². The van der Waals surface area contributed by atoms with Crippen molar-refractivity contribution in [3.63, 3.8) is 0 Å². The van der Waals surface area contributed by atoms with Gasteiger partial charge in [-0.1, -0.05) is 19.1 Å². The molecule has 0 saturated carbocycles. The monoisotopic (exact) mass is 293 g/mol. The molecule has 0 saturated heterocycles. The van der Waals surface area contributed by atoms with Crippen molar-refractivity contribution in [2.24, 2.45) is 0 Å². The number of halogens is 1. The van der Waals surface area contributed by atoms with Crippen molar-refractivity contribution in [2.75, 3.05) is 13.7 Å². The van der Waals surface area contributed by atoms with Crippen LogP contribution in [0, 0.1) is 5.82 Å². The van der Waals surface area contributed by atoms with Gasteiger partial charge in [0.2, 0.25) is 0 Å². The topological polar surface area (TPSA) is 21.3 Å².